The molecule has 0 unspecified atom stereocenters. The zero-order chi connectivity index (χ0) is 9.26. The highest BCUT2D eigenvalue weighted by Crippen LogP contribution is 2.40. The van der Waals surface area contributed by atoms with Crippen molar-refractivity contribution >= 4 is 17.7 Å². The Labute approximate surface area is 81.0 Å². The molecule has 2 nitrogen and oxygen atoms in total. The molecule has 0 spiro atoms. The van der Waals surface area contributed by atoms with Crippen molar-refractivity contribution in [1.82, 2.24) is 0 Å². The summed E-state index contributed by atoms with van der Waals surface area (Å²) in [5.74, 6) is -0.830. The first-order valence-electron chi connectivity index (χ1n) is 4.26. The normalized spacial score (nSPS) is 15.7. The van der Waals surface area contributed by atoms with Gasteiger partial charge in [0.15, 0.2) is 0 Å². The first-order valence-corrected chi connectivity index (χ1v) is 5.14. The number of benzene rings is 1. The van der Waals surface area contributed by atoms with Crippen LogP contribution in [0.15, 0.2) is 29.2 Å². The molecule has 2 rings (SSSR count). The number of rotatable bonds is 3. The molecular formula is C10H10O2S. The molecule has 0 aliphatic heterocycles. The number of carbonyl (C=O) groups is 1. The van der Waals surface area contributed by atoms with Crippen LogP contribution in [0.5, 0.6) is 0 Å². The van der Waals surface area contributed by atoms with E-state index in [1.165, 1.54) is 12.8 Å². The Morgan fingerprint density at radius 3 is 2.69 bits per heavy atom. The topological polar surface area (TPSA) is 37.3 Å². The molecule has 1 aliphatic carbocycles. The summed E-state index contributed by atoms with van der Waals surface area (Å²) >= 11 is 1.68. The number of carboxylic acids is 1. The fourth-order valence-electron chi connectivity index (χ4n) is 1.11. The van der Waals surface area contributed by atoms with Gasteiger partial charge in [0.1, 0.15) is 0 Å². The van der Waals surface area contributed by atoms with Crippen LogP contribution >= 0.6 is 11.8 Å². The van der Waals surface area contributed by atoms with E-state index in [0.29, 0.717) is 10.8 Å². The van der Waals surface area contributed by atoms with E-state index in [2.05, 4.69) is 0 Å². The monoisotopic (exact) mass is 194 g/mol. The molecule has 3 heteroatoms. The fraction of sp³-hybridized carbons (Fsp3) is 0.300. The third-order valence-electron chi connectivity index (χ3n) is 1.94. The van der Waals surface area contributed by atoms with E-state index in [9.17, 15) is 4.79 Å². The molecule has 0 bridgehead atoms. The number of carboxylic acid groups (broad SMARTS) is 1. The Morgan fingerprint density at radius 2 is 2.08 bits per heavy atom. The number of hydrogen-bond donors (Lipinski definition) is 1. The van der Waals surface area contributed by atoms with Crippen LogP contribution in [0.1, 0.15) is 23.2 Å². The number of aromatic carboxylic acids is 1. The minimum Gasteiger partial charge on any atom is -0.478 e. The molecule has 1 aromatic carbocycles. The molecule has 0 aromatic heterocycles. The highest BCUT2D eigenvalue weighted by molar-refractivity contribution is 8.00. The van der Waals surface area contributed by atoms with Gasteiger partial charge in [-0.3, -0.25) is 0 Å². The summed E-state index contributed by atoms with van der Waals surface area (Å²) in [5, 5.41) is 9.54. The highest BCUT2D eigenvalue weighted by atomic mass is 32.2. The maximum absolute atomic E-state index is 10.8. The SMILES string of the molecule is O=C(O)c1ccccc1SC1CC1. The molecule has 1 aromatic rings. The first kappa shape index (κ1) is 8.63. The Kier molecular flexibility index (Phi) is 2.27. The second-order valence-electron chi connectivity index (χ2n) is 3.12. The van der Waals surface area contributed by atoms with Crippen molar-refractivity contribution in [1.29, 1.82) is 0 Å². The first-order chi connectivity index (χ1) is 6.27. The van der Waals surface area contributed by atoms with Crippen molar-refractivity contribution in [3.8, 4) is 0 Å². The van der Waals surface area contributed by atoms with Gasteiger partial charge >= 0.3 is 5.97 Å². The predicted octanol–water partition coefficient (Wildman–Crippen LogP) is 2.64. The van der Waals surface area contributed by atoms with Crippen molar-refractivity contribution in [2.45, 2.75) is 23.0 Å². The van der Waals surface area contributed by atoms with Crippen LogP contribution in [-0.4, -0.2) is 16.3 Å². The summed E-state index contributed by atoms with van der Waals surface area (Å²) in [6.45, 7) is 0. The maximum Gasteiger partial charge on any atom is 0.336 e. The van der Waals surface area contributed by atoms with Gasteiger partial charge in [-0.1, -0.05) is 12.1 Å². The summed E-state index contributed by atoms with van der Waals surface area (Å²) in [6, 6.07) is 7.19. The van der Waals surface area contributed by atoms with Crippen LogP contribution in [0.25, 0.3) is 0 Å². The Balaban J connectivity index is 2.25. The van der Waals surface area contributed by atoms with Crippen LogP contribution in [0.4, 0.5) is 0 Å². The van der Waals surface area contributed by atoms with Gasteiger partial charge in [-0.15, -0.1) is 11.8 Å². The predicted molar refractivity (Wildman–Crippen MR) is 52.3 cm³/mol. The Hall–Kier alpha value is -0.960. The zero-order valence-corrected chi connectivity index (χ0v) is 7.88. The lowest BCUT2D eigenvalue weighted by Gasteiger charge is -2.03. The van der Waals surface area contributed by atoms with E-state index in [0.717, 1.165) is 4.90 Å². The van der Waals surface area contributed by atoms with Crippen LogP contribution in [-0.2, 0) is 0 Å². The lowest BCUT2D eigenvalue weighted by atomic mass is 10.2. The van der Waals surface area contributed by atoms with E-state index in [-0.39, 0.29) is 0 Å². The molecule has 68 valence electrons. The van der Waals surface area contributed by atoms with Gasteiger partial charge in [0, 0.05) is 10.1 Å². The van der Waals surface area contributed by atoms with Crippen LogP contribution < -0.4 is 0 Å². The average molecular weight is 194 g/mol. The van der Waals surface area contributed by atoms with E-state index in [4.69, 9.17) is 5.11 Å². The number of thioether (sulfide) groups is 1. The Morgan fingerprint density at radius 1 is 1.38 bits per heavy atom. The average Bonchev–Trinajstić information content (AvgIpc) is 2.89. The molecule has 1 saturated carbocycles. The lowest BCUT2D eigenvalue weighted by molar-refractivity contribution is 0.0693. The van der Waals surface area contributed by atoms with Gasteiger partial charge in [-0.05, 0) is 25.0 Å². The molecule has 1 N–H and O–H groups in total. The quantitative estimate of drug-likeness (QED) is 0.803. The number of hydrogen-bond acceptors (Lipinski definition) is 2. The Bertz CT molecular complexity index is 331. The molecule has 0 atom stereocenters. The highest BCUT2D eigenvalue weighted by Gasteiger charge is 2.24. The fourth-order valence-corrected chi connectivity index (χ4v) is 2.28. The van der Waals surface area contributed by atoms with Crippen molar-refractivity contribution in [3.05, 3.63) is 29.8 Å². The molecule has 1 fully saturated rings. The van der Waals surface area contributed by atoms with Gasteiger partial charge in [0.2, 0.25) is 0 Å². The van der Waals surface area contributed by atoms with Gasteiger partial charge in [0.25, 0.3) is 0 Å². The third-order valence-corrected chi connectivity index (χ3v) is 3.35. The van der Waals surface area contributed by atoms with Crippen LogP contribution in [0, 0.1) is 0 Å². The maximum atomic E-state index is 10.8. The summed E-state index contributed by atoms with van der Waals surface area (Å²) in [7, 11) is 0. The third kappa shape index (κ3) is 2.04. The zero-order valence-electron chi connectivity index (χ0n) is 7.06. The molecular weight excluding hydrogens is 184 g/mol. The van der Waals surface area contributed by atoms with E-state index < -0.39 is 5.97 Å². The summed E-state index contributed by atoms with van der Waals surface area (Å²) in [6.07, 6.45) is 2.44. The molecule has 13 heavy (non-hydrogen) atoms. The molecule has 1 aliphatic rings. The van der Waals surface area contributed by atoms with Crippen LogP contribution in [0.3, 0.4) is 0 Å². The van der Waals surface area contributed by atoms with Crippen molar-refractivity contribution in [3.63, 3.8) is 0 Å². The van der Waals surface area contributed by atoms with Crippen molar-refractivity contribution < 1.29 is 9.90 Å². The second-order valence-corrected chi connectivity index (χ2v) is 4.46. The molecule has 0 amide bonds. The van der Waals surface area contributed by atoms with E-state index in [1.54, 1.807) is 23.9 Å². The summed E-state index contributed by atoms with van der Waals surface area (Å²) in [5.41, 5.74) is 0.430. The molecule has 0 saturated heterocycles. The van der Waals surface area contributed by atoms with Crippen molar-refractivity contribution in [2.75, 3.05) is 0 Å². The second kappa shape index (κ2) is 3.42. The van der Waals surface area contributed by atoms with Crippen LogP contribution in [0.2, 0.25) is 0 Å². The minimum atomic E-state index is -0.830. The van der Waals surface area contributed by atoms with Crippen molar-refractivity contribution in [2.24, 2.45) is 0 Å². The summed E-state index contributed by atoms with van der Waals surface area (Å²) in [4.78, 5) is 11.7. The van der Waals surface area contributed by atoms with Gasteiger partial charge in [-0.25, -0.2) is 4.79 Å². The minimum absolute atomic E-state index is 0.430. The van der Waals surface area contributed by atoms with Gasteiger partial charge in [-0.2, -0.15) is 0 Å². The largest absolute Gasteiger partial charge is 0.478 e. The lowest BCUT2D eigenvalue weighted by Crippen LogP contribution is -1.98. The smallest absolute Gasteiger partial charge is 0.336 e. The molecule has 0 heterocycles. The standard InChI is InChI=1S/C10H10O2S/c11-10(12)8-3-1-2-4-9(8)13-7-5-6-7/h1-4,7H,5-6H2,(H,11,12). The molecule has 0 radical (unpaired) electrons. The summed E-state index contributed by atoms with van der Waals surface area (Å²) < 4.78 is 0. The van der Waals surface area contributed by atoms with Gasteiger partial charge < -0.3 is 5.11 Å². The van der Waals surface area contributed by atoms with Gasteiger partial charge in [0.05, 0.1) is 5.56 Å². The van der Waals surface area contributed by atoms with E-state index >= 15 is 0 Å². The van der Waals surface area contributed by atoms with E-state index in [1.807, 2.05) is 12.1 Å².